The molecular weight excluding hydrogens is 200 g/mol. The number of carbonyl (C=O) groups is 1. The van der Waals surface area contributed by atoms with Crippen LogP contribution in [0.4, 0.5) is 0 Å². The Morgan fingerprint density at radius 3 is 2.50 bits per heavy atom. The zero-order valence-electron chi connectivity index (χ0n) is 10.2. The van der Waals surface area contributed by atoms with Crippen LogP contribution in [0, 0.1) is 11.8 Å². The highest BCUT2D eigenvalue weighted by Crippen LogP contribution is 2.31. The van der Waals surface area contributed by atoms with Gasteiger partial charge in [0.05, 0.1) is 0 Å². The van der Waals surface area contributed by atoms with Gasteiger partial charge in [0, 0.05) is 18.0 Å². The molecule has 0 bridgehead atoms. The van der Waals surface area contributed by atoms with E-state index in [1.54, 1.807) is 0 Å². The van der Waals surface area contributed by atoms with Gasteiger partial charge in [0.15, 0.2) is 0 Å². The lowest BCUT2D eigenvalue weighted by atomic mass is 9.89. The van der Waals surface area contributed by atoms with E-state index in [9.17, 15) is 4.79 Å². The first-order valence-electron chi connectivity index (χ1n) is 6.74. The molecule has 0 saturated heterocycles. The highest BCUT2D eigenvalue weighted by atomic mass is 16.2. The quantitative estimate of drug-likeness (QED) is 0.751. The molecule has 3 nitrogen and oxygen atoms in total. The molecule has 3 heteroatoms. The van der Waals surface area contributed by atoms with Crippen LogP contribution in [0.15, 0.2) is 0 Å². The van der Waals surface area contributed by atoms with Gasteiger partial charge in [-0.05, 0) is 31.6 Å². The maximum Gasteiger partial charge on any atom is 0.223 e. The van der Waals surface area contributed by atoms with Crippen LogP contribution in [0.3, 0.4) is 0 Å². The van der Waals surface area contributed by atoms with Crippen LogP contribution in [0.5, 0.6) is 0 Å². The number of nitrogens with two attached hydrogens (primary N) is 1. The third kappa shape index (κ3) is 2.57. The van der Waals surface area contributed by atoms with E-state index in [4.69, 9.17) is 5.73 Å². The summed E-state index contributed by atoms with van der Waals surface area (Å²) in [5, 5.41) is 3.18. The fourth-order valence-electron chi connectivity index (χ4n) is 3.16. The zero-order valence-corrected chi connectivity index (χ0v) is 10.2. The fraction of sp³-hybridized carbons (Fsp3) is 0.923. The van der Waals surface area contributed by atoms with Gasteiger partial charge in [0.25, 0.3) is 0 Å². The van der Waals surface area contributed by atoms with Crippen molar-refractivity contribution >= 4 is 5.91 Å². The van der Waals surface area contributed by atoms with Gasteiger partial charge in [0.1, 0.15) is 0 Å². The lowest BCUT2D eigenvalue weighted by molar-refractivity contribution is -0.126. The molecule has 3 N–H and O–H groups in total. The van der Waals surface area contributed by atoms with Crippen molar-refractivity contribution < 1.29 is 4.79 Å². The molecule has 2 rings (SSSR count). The second-order valence-corrected chi connectivity index (χ2v) is 5.58. The zero-order chi connectivity index (χ0) is 11.5. The van der Waals surface area contributed by atoms with Crippen LogP contribution in [-0.4, -0.2) is 18.0 Å². The van der Waals surface area contributed by atoms with Gasteiger partial charge in [-0.1, -0.05) is 26.2 Å². The summed E-state index contributed by atoms with van der Waals surface area (Å²) in [6.45, 7) is 2.19. The summed E-state index contributed by atoms with van der Waals surface area (Å²) in [6, 6.07) is 0.406. The predicted octanol–water partition coefficient (Wildman–Crippen LogP) is 1.81. The minimum absolute atomic E-state index is 0.175. The smallest absolute Gasteiger partial charge is 0.223 e. The monoisotopic (exact) mass is 224 g/mol. The molecule has 0 aromatic rings. The second kappa shape index (κ2) is 5.17. The van der Waals surface area contributed by atoms with Gasteiger partial charge < -0.3 is 11.1 Å². The lowest BCUT2D eigenvalue weighted by Gasteiger charge is -2.30. The van der Waals surface area contributed by atoms with Crippen molar-refractivity contribution in [2.45, 2.75) is 64.0 Å². The maximum atomic E-state index is 12.1. The van der Waals surface area contributed by atoms with Crippen molar-refractivity contribution in [3.63, 3.8) is 0 Å². The Kier molecular flexibility index (Phi) is 3.85. The molecule has 2 fully saturated rings. The third-order valence-corrected chi connectivity index (χ3v) is 4.35. The van der Waals surface area contributed by atoms with E-state index in [1.165, 1.54) is 25.7 Å². The topological polar surface area (TPSA) is 55.1 Å². The Bertz CT molecular complexity index is 254. The van der Waals surface area contributed by atoms with E-state index in [0.717, 1.165) is 19.3 Å². The number of carbonyl (C=O) groups excluding carboxylic acids is 1. The van der Waals surface area contributed by atoms with Crippen molar-refractivity contribution in [2.24, 2.45) is 17.6 Å². The Morgan fingerprint density at radius 1 is 1.12 bits per heavy atom. The minimum atomic E-state index is 0.175. The molecule has 0 aromatic carbocycles. The minimum Gasteiger partial charge on any atom is -0.352 e. The number of rotatable bonds is 2. The first-order valence-corrected chi connectivity index (χ1v) is 6.74. The second-order valence-electron chi connectivity index (χ2n) is 5.58. The summed E-state index contributed by atoms with van der Waals surface area (Å²) < 4.78 is 0. The van der Waals surface area contributed by atoms with E-state index in [1.807, 2.05) is 0 Å². The van der Waals surface area contributed by atoms with Gasteiger partial charge in [-0.3, -0.25) is 4.79 Å². The molecule has 0 aromatic heterocycles. The molecule has 0 aliphatic heterocycles. The normalized spacial score (nSPS) is 39.6. The molecule has 4 atom stereocenters. The third-order valence-electron chi connectivity index (χ3n) is 4.35. The van der Waals surface area contributed by atoms with Gasteiger partial charge in [0.2, 0.25) is 5.91 Å². The van der Waals surface area contributed by atoms with Crippen molar-refractivity contribution in [2.75, 3.05) is 0 Å². The highest BCUT2D eigenvalue weighted by molar-refractivity contribution is 5.79. The van der Waals surface area contributed by atoms with Gasteiger partial charge >= 0.3 is 0 Å². The van der Waals surface area contributed by atoms with Gasteiger partial charge in [-0.2, -0.15) is 0 Å². The summed E-state index contributed by atoms with van der Waals surface area (Å²) in [7, 11) is 0. The number of hydrogen-bond acceptors (Lipinski definition) is 2. The standard InChI is InChI=1S/C13H24N2O/c1-9-5-4-6-10(9)13(16)15-12-8-3-2-7-11(12)14/h9-12H,2-8,14H2,1H3,(H,15,16). The highest BCUT2D eigenvalue weighted by Gasteiger charge is 2.32. The molecule has 2 aliphatic carbocycles. The summed E-state index contributed by atoms with van der Waals surface area (Å²) in [4.78, 5) is 12.1. The molecule has 92 valence electrons. The lowest BCUT2D eigenvalue weighted by Crippen LogP contribution is -2.51. The van der Waals surface area contributed by atoms with Crippen LogP contribution in [0.25, 0.3) is 0 Å². The van der Waals surface area contributed by atoms with Crippen molar-refractivity contribution in [3.05, 3.63) is 0 Å². The summed E-state index contributed by atoms with van der Waals surface area (Å²) in [5.41, 5.74) is 6.05. The SMILES string of the molecule is CC1CCCC1C(=O)NC1CCCCC1N. The predicted molar refractivity (Wildman–Crippen MR) is 64.9 cm³/mol. The van der Waals surface area contributed by atoms with Crippen molar-refractivity contribution in [1.82, 2.24) is 5.32 Å². The Balaban J connectivity index is 1.86. The summed E-state index contributed by atoms with van der Waals surface area (Å²) in [5.74, 6) is 1.06. The molecule has 2 aliphatic rings. The average molecular weight is 224 g/mol. The Labute approximate surface area is 98.2 Å². The fourth-order valence-corrected chi connectivity index (χ4v) is 3.16. The number of nitrogens with one attached hydrogen (secondary N) is 1. The van der Waals surface area contributed by atoms with E-state index in [0.29, 0.717) is 5.92 Å². The largest absolute Gasteiger partial charge is 0.352 e. The van der Waals surface area contributed by atoms with Crippen LogP contribution in [-0.2, 0) is 4.79 Å². The first kappa shape index (κ1) is 11.9. The number of hydrogen-bond donors (Lipinski definition) is 2. The van der Waals surface area contributed by atoms with Crippen LogP contribution < -0.4 is 11.1 Å². The van der Waals surface area contributed by atoms with Crippen LogP contribution in [0.1, 0.15) is 51.9 Å². The first-order chi connectivity index (χ1) is 7.68. The number of amides is 1. The van der Waals surface area contributed by atoms with Gasteiger partial charge in [-0.15, -0.1) is 0 Å². The van der Waals surface area contributed by atoms with Gasteiger partial charge in [-0.25, -0.2) is 0 Å². The molecule has 0 heterocycles. The van der Waals surface area contributed by atoms with E-state index in [2.05, 4.69) is 12.2 Å². The summed E-state index contributed by atoms with van der Waals surface area (Å²) in [6.07, 6.45) is 8.02. The molecule has 1 amide bonds. The van der Waals surface area contributed by atoms with E-state index >= 15 is 0 Å². The average Bonchev–Trinajstić information content (AvgIpc) is 2.68. The molecule has 4 unspecified atom stereocenters. The van der Waals surface area contributed by atoms with Crippen LogP contribution in [0.2, 0.25) is 0 Å². The molecule has 0 radical (unpaired) electrons. The van der Waals surface area contributed by atoms with Crippen molar-refractivity contribution in [3.8, 4) is 0 Å². The Morgan fingerprint density at radius 2 is 1.88 bits per heavy atom. The molecule has 2 saturated carbocycles. The van der Waals surface area contributed by atoms with E-state index < -0.39 is 0 Å². The molecule has 16 heavy (non-hydrogen) atoms. The maximum absolute atomic E-state index is 12.1. The molecular formula is C13H24N2O. The van der Waals surface area contributed by atoms with Crippen molar-refractivity contribution in [1.29, 1.82) is 0 Å². The van der Waals surface area contributed by atoms with E-state index in [-0.39, 0.29) is 23.9 Å². The Hall–Kier alpha value is -0.570. The molecule has 0 spiro atoms. The summed E-state index contributed by atoms with van der Waals surface area (Å²) >= 11 is 0. The van der Waals surface area contributed by atoms with Crippen LogP contribution >= 0.6 is 0 Å².